The van der Waals surface area contributed by atoms with Crippen LogP contribution in [0, 0.1) is 0 Å². The predicted molar refractivity (Wildman–Crippen MR) is 101 cm³/mol. The molecule has 5 nitrogen and oxygen atoms in total. The molecule has 0 aliphatic carbocycles. The highest BCUT2D eigenvalue weighted by Gasteiger charge is 2.23. The van der Waals surface area contributed by atoms with Gasteiger partial charge in [-0.15, -0.1) is 11.8 Å². The number of amides is 2. The number of thioether (sulfide) groups is 1. The van der Waals surface area contributed by atoms with Crippen LogP contribution in [0.15, 0.2) is 52.4 Å². The van der Waals surface area contributed by atoms with E-state index in [1.807, 2.05) is 48.9 Å². The molecule has 2 heterocycles. The van der Waals surface area contributed by atoms with Crippen LogP contribution in [0.2, 0.25) is 0 Å². The van der Waals surface area contributed by atoms with Gasteiger partial charge in [-0.3, -0.25) is 9.59 Å². The van der Waals surface area contributed by atoms with Gasteiger partial charge in [0.1, 0.15) is 0 Å². The number of benzene rings is 2. The van der Waals surface area contributed by atoms with Crippen molar-refractivity contribution >= 4 is 50.8 Å². The normalized spacial score (nSPS) is 17.4. The van der Waals surface area contributed by atoms with Gasteiger partial charge in [-0.2, -0.15) is 4.99 Å². The number of nitrogens with one attached hydrogen (secondary N) is 1. The molecule has 3 aromatic rings. The van der Waals surface area contributed by atoms with Crippen molar-refractivity contribution in [3.05, 3.63) is 52.8 Å². The van der Waals surface area contributed by atoms with Crippen molar-refractivity contribution in [2.75, 3.05) is 5.32 Å². The van der Waals surface area contributed by atoms with E-state index in [1.54, 1.807) is 12.1 Å². The van der Waals surface area contributed by atoms with Crippen molar-refractivity contribution in [2.24, 2.45) is 12.0 Å². The molecular formula is C18H15N3O2S2. The number of thiazole rings is 1. The lowest BCUT2D eigenvalue weighted by atomic mass is 10.2. The molecule has 7 heteroatoms. The van der Waals surface area contributed by atoms with Gasteiger partial charge in [-0.1, -0.05) is 23.5 Å². The molecule has 1 atom stereocenters. The highest BCUT2D eigenvalue weighted by atomic mass is 32.2. The number of hydrogen-bond acceptors (Lipinski definition) is 4. The lowest BCUT2D eigenvalue weighted by molar-refractivity contribution is -0.115. The van der Waals surface area contributed by atoms with E-state index in [9.17, 15) is 9.59 Å². The second kappa shape index (κ2) is 6.16. The molecule has 0 spiro atoms. The van der Waals surface area contributed by atoms with Gasteiger partial charge in [-0.05, 0) is 37.3 Å². The molecule has 1 aliphatic rings. The first kappa shape index (κ1) is 16.1. The molecule has 0 saturated carbocycles. The van der Waals surface area contributed by atoms with E-state index in [0.717, 1.165) is 15.1 Å². The van der Waals surface area contributed by atoms with E-state index in [1.165, 1.54) is 23.1 Å². The zero-order chi connectivity index (χ0) is 17.6. The molecule has 1 aliphatic heterocycles. The Bertz CT molecular complexity index is 1080. The maximum Gasteiger partial charge on any atom is 0.279 e. The van der Waals surface area contributed by atoms with E-state index in [0.29, 0.717) is 16.1 Å². The Morgan fingerprint density at radius 1 is 1.24 bits per heavy atom. The summed E-state index contributed by atoms with van der Waals surface area (Å²) in [7, 11) is 1.90. The van der Waals surface area contributed by atoms with Gasteiger partial charge in [0.15, 0.2) is 4.80 Å². The summed E-state index contributed by atoms with van der Waals surface area (Å²) in [5, 5.41) is 2.72. The van der Waals surface area contributed by atoms with Crippen LogP contribution >= 0.6 is 23.1 Å². The number of rotatable bonds is 1. The average molecular weight is 369 g/mol. The van der Waals surface area contributed by atoms with Gasteiger partial charge in [0.05, 0.1) is 21.2 Å². The van der Waals surface area contributed by atoms with Crippen molar-refractivity contribution in [3.8, 4) is 0 Å². The molecule has 126 valence electrons. The molecule has 1 unspecified atom stereocenters. The van der Waals surface area contributed by atoms with Crippen LogP contribution in [0.3, 0.4) is 0 Å². The molecule has 4 rings (SSSR count). The Hall–Kier alpha value is -2.38. The van der Waals surface area contributed by atoms with Gasteiger partial charge in [0.2, 0.25) is 5.91 Å². The van der Waals surface area contributed by atoms with Gasteiger partial charge >= 0.3 is 0 Å². The van der Waals surface area contributed by atoms with Crippen molar-refractivity contribution in [2.45, 2.75) is 17.1 Å². The number of carbonyl (C=O) groups is 2. The maximum absolute atomic E-state index is 12.6. The average Bonchev–Trinajstić information content (AvgIpc) is 2.92. The Balaban J connectivity index is 1.73. The van der Waals surface area contributed by atoms with E-state index < -0.39 is 0 Å². The van der Waals surface area contributed by atoms with E-state index in [2.05, 4.69) is 10.3 Å². The smallest absolute Gasteiger partial charge is 0.279 e. The number of hydrogen-bond donors (Lipinski definition) is 1. The summed E-state index contributed by atoms with van der Waals surface area (Å²) in [5.74, 6) is -0.363. The number of anilines is 1. The Morgan fingerprint density at radius 3 is 2.84 bits per heavy atom. The monoisotopic (exact) mass is 369 g/mol. The van der Waals surface area contributed by atoms with Gasteiger partial charge in [0, 0.05) is 17.5 Å². The first-order valence-electron chi connectivity index (χ1n) is 7.78. The molecule has 1 aromatic heterocycles. The van der Waals surface area contributed by atoms with Gasteiger partial charge < -0.3 is 9.88 Å². The first-order chi connectivity index (χ1) is 12.0. The molecule has 0 saturated heterocycles. The summed E-state index contributed by atoms with van der Waals surface area (Å²) >= 11 is 2.97. The summed E-state index contributed by atoms with van der Waals surface area (Å²) in [6.45, 7) is 1.86. The lowest BCUT2D eigenvalue weighted by Gasteiger charge is -2.21. The molecule has 0 fully saturated rings. The van der Waals surface area contributed by atoms with Crippen LogP contribution in [-0.2, 0) is 11.8 Å². The van der Waals surface area contributed by atoms with E-state index >= 15 is 0 Å². The number of aryl methyl sites for hydroxylation is 1. The minimum atomic E-state index is -0.317. The highest BCUT2D eigenvalue weighted by Crippen LogP contribution is 2.36. The topological polar surface area (TPSA) is 63.5 Å². The molecule has 0 bridgehead atoms. The second-order valence-electron chi connectivity index (χ2n) is 5.79. The highest BCUT2D eigenvalue weighted by molar-refractivity contribution is 8.00. The zero-order valence-electron chi connectivity index (χ0n) is 13.6. The Morgan fingerprint density at radius 2 is 2.04 bits per heavy atom. The van der Waals surface area contributed by atoms with Crippen LogP contribution in [0.4, 0.5) is 5.69 Å². The third kappa shape index (κ3) is 2.89. The minimum Gasteiger partial charge on any atom is -0.324 e. The SMILES string of the molecule is CC1Sc2ccc(C(=O)N=c3sc4ccccc4n3C)cc2NC1=O. The van der Waals surface area contributed by atoms with Crippen molar-refractivity contribution in [3.63, 3.8) is 0 Å². The fraction of sp³-hybridized carbons (Fsp3) is 0.167. The van der Waals surface area contributed by atoms with E-state index in [4.69, 9.17) is 0 Å². The zero-order valence-corrected chi connectivity index (χ0v) is 15.3. The lowest BCUT2D eigenvalue weighted by Crippen LogP contribution is -2.26. The van der Waals surface area contributed by atoms with Crippen molar-refractivity contribution in [1.82, 2.24) is 4.57 Å². The van der Waals surface area contributed by atoms with E-state index in [-0.39, 0.29) is 17.1 Å². The maximum atomic E-state index is 12.6. The number of fused-ring (bicyclic) bond motifs is 2. The summed E-state index contributed by atoms with van der Waals surface area (Å²) < 4.78 is 3.00. The van der Waals surface area contributed by atoms with Gasteiger partial charge in [0.25, 0.3) is 5.91 Å². The summed E-state index contributed by atoms with van der Waals surface area (Å²) in [6, 6.07) is 13.3. The number of para-hydroxylation sites is 1. The van der Waals surface area contributed by atoms with Gasteiger partial charge in [-0.25, -0.2) is 0 Å². The first-order valence-corrected chi connectivity index (χ1v) is 9.48. The Kier molecular flexibility index (Phi) is 3.97. The number of aromatic nitrogens is 1. The summed E-state index contributed by atoms with van der Waals surface area (Å²) in [5.41, 5.74) is 2.18. The van der Waals surface area contributed by atoms with Crippen LogP contribution in [-0.4, -0.2) is 21.6 Å². The third-order valence-electron chi connectivity index (χ3n) is 4.07. The molecule has 2 amide bonds. The van der Waals surface area contributed by atoms with Crippen molar-refractivity contribution < 1.29 is 9.59 Å². The minimum absolute atomic E-state index is 0.0463. The number of nitrogens with zero attached hydrogens (tertiary/aromatic N) is 2. The van der Waals surface area contributed by atoms with Crippen LogP contribution in [0.25, 0.3) is 10.2 Å². The van der Waals surface area contributed by atoms with Crippen molar-refractivity contribution in [1.29, 1.82) is 0 Å². The molecule has 1 N–H and O–H groups in total. The standard InChI is InChI=1S/C18H15N3O2S2/c1-10-16(22)19-12-9-11(7-8-14(12)24-10)17(23)20-18-21(2)13-5-3-4-6-15(13)25-18/h3-10H,1-2H3,(H,19,22). The molecular weight excluding hydrogens is 354 g/mol. The third-order valence-corrected chi connectivity index (χ3v) is 6.36. The molecule has 0 radical (unpaired) electrons. The summed E-state index contributed by atoms with van der Waals surface area (Å²) in [4.78, 5) is 30.3. The fourth-order valence-corrected chi connectivity index (χ4v) is 4.63. The Labute approximate surface area is 152 Å². The largest absolute Gasteiger partial charge is 0.324 e. The second-order valence-corrected chi connectivity index (χ2v) is 8.18. The molecule has 2 aromatic carbocycles. The summed E-state index contributed by atoms with van der Waals surface area (Å²) in [6.07, 6.45) is 0. The van der Waals surface area contributed by atoms with Crippen LogP contribution < -0.4 is 10.1 Å². The quantitative estimate of drug-likeness (QED) is 0.715. The fourth-order valence-electron chi connectivity index (χ4n) is 2.68. The predicted octanol–water partition coefficient (Wildman–Crippen LogP) is 3.41. The van der Waals surface area contributed by atoms with Crippen LogP contribution in [0.5, 0.6) is 0 Å². The van der Waals surface area contributed by atoms with Crippen LogP contribution in [0.1, 0.15) is 17.3 Å². The number of carbonyl (C=O) groups excluding carboxylic acids is 2. The molecule has 25 heavy (non-hydrogen) atoms.